The van der Waals surface area contributed by atoms with Crippen LogP contribution in [0.3, 0.4) is 0 Å². The molecule has 1 nitrogen and oxygen atoms in total. The highest BCUT2D eigenvalue weighted by Gasteiger charge is 2.19. The summed E-state index contributed by atoms with van der Waals surface area (Å²) in [5.74, 6) is 0. The summed E-state index contributed by atoms with van der Waals surface area (Å²) in [6.07, 6.45) is 0. The van der Waals surface area contributed by atoms with Crippen molar-refractivity contribution in [1.82, 2.24) is 4.57 Å². The van der Waals surface area contributed by atoms with Crippen LogP contribution in [0.25, 0.3) is 70.6 Å². The molecule has 0 aliphatic heterocycles. The van der Waals surface area contributed by atoms with Gasteiger partial charge in [-0.2, -0.15) is 0 Å². The molecule has 8 aromatic rings. The van der Waals surface area contributed by atoms with Gasteiger partial charge in [-0.25, -0.2) is 0 Å². The second-order valence-electron chi connectivity index (χ2n) is 9.36. The van der Waals surface area contributed by atoms with Crippen LogP contribution in [0.4, 0.5) is 0 Å². The lowest BCUT2D eigenvalue weighted by Gasteiger charge is -2.09. The van der Waals surface area contributed by atoms with Crippen molar-refractivity contribution in [3.63, 3.8) is 0 Å². The number of aromatic nitrogens is 1. The van der Waals surface area contributed by atoms with Gasteiger partial charge in [-0.3, -0.25) is 0 Å². The molecule has 0 spiro atoms. The zero-order valence-corrected chi connectivity index (χ0v) is 19.1. The van der Waals surface area contributed by atoms with Gasteiger partial charge in [-0.05, 0) is 67.4 Å². The van der Waals surface area contributed by atoms with Crippen LogP contribution in [0.15, 0.2) is 127 Å². The zero-order chi connectivity index (χ0) is 22.9. The third-order valence-corrected chi connectivity index (χ3v) is 7.52. The van der Waals surface area contributed by atoms with E-state index in [4.69, 9.17) is 0 Å². The van der Waals surface area contributed by atoms with E-state index in [-0.39, 0.29) is 0 Å². The molecule has 35 heavy (non-hydrogen) atoms. The first kappa shape index (κ1) is 18.8. The van der Waals surface area contributed by atoms with Gasteiger partial charge in [-0.1, -0.05) is 103 Å². The highest BCUT2D eigenvalue weighted by Crippen LogP contribution is 2.44. The molecular formula is C34H21N. The monoisotopic (exact) mass is 443 g/mol. The van der Waals surface area contributed by atoms with Gasteiger partial charge in [0.25, 0.3) is 0 Å². The Kier molecular flexibility index (Phi) is 3.72. The van der Waals surface area contributed by atoms with Gasteiger partial charge in [-0.15, -0.1) is 0 Å². The van der Waals surface area contributed by atoms with E-state index in [2.05, 4.69) is 132 Å². The Balaban J connectivity index is 1.76. The SMILES string of the molecule is c1ccc(-n2c3ccc4ccc5ccccc5c4c3c3c4c(ccc5ccccc54)ccc32)cc1. The Bertz CT molecular complexity index is 1960. The molecule has 0 unspecified atom stereocenters. The molecule has 0 aliphatic carbocycles. The quantitative estimate of drug-likeness (QED) is 0.223. The average Bonchev–Trinajstić information content (AvgIpc) is 3.27. The summed E-state index contributed by atoms with van der Waals surface area (Å²) in [4.78, 5) is 0. The van der Waals surface area contributed by atoms with E-state index in [1.165, 1.54) is 70.6 Å². The maximum absolute atomic E-state index is 2.44. The average molecular weight is 444 g/mol. The molecule has 0 bridgehead atoms. The molecule has 8 rings (SSSR count). The number of para-hydroxylation sites is 1. The van der Waals surface area contributed by atoms with Crippen molar-refractivity contribution in [2.45, 2.75) is 0 Å². The van der Waals surface area contributed by atoms with E-state index in [0.29, 0.717) is 0 Å². The van der Waals surface area contributed by atoms with Gasteiger partial charge in [0.15, 0.2) is 0 Å². The minimum absolute atomic E-state index is 1.19. The molecule has 162 valence electrons. The van der Waals surface area contributed by atoms with Crippen LogP contribution < -0.4 is 0 Å². The van der Waals surface area contributed by atoms with E-state index in [1.54, 1.807) is 0 Å². The number of fused-ring (bicyclic) bond motifs is 11. The van der Waals surface area contributed by atoms with E-state index in [1.807, 2.05) is 0 Å². The summed E-state index contributed by atoms with van der Waals surface area (Å²) in [6.45, 7) is 0. The standard InChI is InChI=1S/C34H21N/c1-2-10-26(11-3-1)35-29-20-18-24-16-14-22-8-4-6-12-27(22)31(24)33(29)34-30(35)21-19-25-17-15-23-9-5-7-13-28(23)32(25)34/h1-21H. The van der Waals surface area contributed by atoms with Crippen LogP contribution in [0.2, 0.25) is 0 Å². The van der Waals surface area contributed by atoms with Crippen molar-refractivity contribution in [1.29, 1.82) is 0 Å². The fourth-order valence-corrected chi connectivity index (χ4v) is 6.04. The minimum Gasteiger partial charge on any atom is -0.309 e. The first-order chi connectivity index (χ1) is 17.4. The lowest BCUT2D eigenvalue weighted by Crippen LogP contribution is -1.93. The van der Waals surface area contributed by atoms with Crippen LogP contribution in [0.5, 0.6) is 0 Å². The predicted molar refractivity (Wildman–Crippen MR) is 151 cm³/mol. The third-order valence-electron chi connectivity index (χ3n) is 7.52. The summed E-state index contributed by atoms with van der Waals surface area (Å²) in [7, 11) is 0. The summed E-state index contributed by atoms with van der Waals surface area (Å²) in [5.41, 5.74) is 3.68. The topological polar surface area (TPSA) is 4.93 Å². The number of nitrogens with zero attached hydrogens (tertiary/aromatic N) is 1. The molecular weight excluding hydrogens is 422 g/mol. The van der Waals surface area contributed by atoms with Crippen molar-refractivity contribution in [2.24, 2.45) is 0 Å². The molecule has 7 aromatic carbocycles. The molecule has 0 aliphatic rings. The second kappa shape index (κ2) is 6.94. The molecule has 1 heterocycles. The summed E-state index contributed by atoms with van der Waals surface area (Å²) < 4.78 is 2.44. The Hall–Kier alpha value is -4.62. The predicted octanol–water partition coefficient (Wildman–Crippen LogP) is 9.40. The summed E-state index contributed by atoms with van der Waals surface area (Å²) in [5, 5.41) is 13.1. The molecule has 0 fully saturated rings. The smallest absolute Gasteiger partial charge is 0.0548 e. The third kappa shape index (κ3) is 2.53. The number of hydrogen-bond acceptors (Lipinski definition) is 0. The zero-order valence-electron chi connectivity index (χ0n) is 19.1. The van der Waals surface area contributed by atoms with Gasteiger partial charge < -0.3 is 4.57 Å². The van der Waals surface area contributed by atoms with E-state index >= 15 is 0 Å². The van der Waals surface area contributed by atoms with Crippen LogP contribution in [0.1, 0.15) is 0 Å². The molecule has 1 heteroatoms. The molecule has 0 saturated heterocycles. The molecule has 0 radical (unpaired) electrons. The van der Waals surface area contributed by atoms with Gasteiger partial charge in [0.2, 0.25) is 0 Å². The van der Waals surface area contributed by atoms with Gasteiger partial charge in [0.05, 0.1) is 11.0 Å². The molecule has 1 aromatic heterocycles. The van der Waals surface area contributed by atoms with E-state index in [9.17, 15) is 0 Å². The fourth-order valence-electron chi connectivity index (χ4n) is 6.04. The molecule has 0 amide bonds. The van der Waals surface area contributed by atoms with Gasteiger partial charge >= 0.3 is 0 Å². The molecule has 0 N–H and O–H groups in total. The van der Waals surface area contributed by atoms with Crippen LogP contribution in [-0.2, 0) is 0 Å². The van der Waals surface area contributed by atoms with Crippen molar-refractivity contribution in [3.8, 4) is 5.69 Å². The van der Waals surface area contributed by atoms with Crippen molar-refractivity contribution < 1.29 is 0 Å². The highest BCUT2D eigenvalue weighted by molar-refractivity contribution is 6.35. The minimum atomic E-state index is 1.19. The van der Waals surface area contributed by atoms with Crippen molar-refractivity contribution >= 4 is 64.9 Å². The Morgan fingerprint density at radius 3 is 1.29 bits per heavy atom. The Morgan fingerprint density at radius 1 is 0.314 bits per heavy atom. The number of hydrogen-bond donors (Lipinski definition) is 0. The van der Waals surface area contributed by atoms with Crippen LogP contribution in [-0.4, -0.2) is 4.57 Å². The van der Waals surface area contributed by atoms with E-state index < -0.39 is 0 Å². The van der Waals surface area contributed by atoms with Gasteiger partial charge in [0, 0.05) is 16.5 Å². The van der Waals surface area contributed by atoms with Crippen molar-refractivity contribution in [2.75, 3.05) is 0 Å². The summed E-state index contributed by atoms with van der Waals surface area (Å²) in [6, 6.07) is 46.5. The van der Waals surface area contributed by atoms with E-state index in [0.717, 1.165) is 0 Å². The normalized spacial score (nSPS) is 12.0. The molecule has 0 atom stereocenters. The first-order valence-electron chi connectivity index (χ1n) is 12.1. The van der Waals surface area contributed by atoms with Crippen LogP contribution >= 0.6 is 0 Å². The summed E-state index contributed by atoms with van der Waals surface area (Å²) >= 11 is 0. The first-order valence-corrected chi connectivity index (χ1v) is 12.1. The Labute approximate surface area is 202 Å². The maximum Gasteiger partial charge on any atom is 0.0548 e. The largest absolute Gasteiger partial charge is 0.309 e. The fraction of sp³-hybridized carbons (Fsp3) is 0. The molecule has 0 saturated carbocycles. The number of rotatable bonds is 1. The highest BCUT2D eigenvalue weighted by atomic mass is 15.0. The Morgan fingerprint density at radius 2 is 0.743 bits per heavy atom. The van der Waals surface area contributed by atoms with Gasteiger partial charge in [0.1, 0.15) is 0 Å². The lowest BCUT2D eigenvalue weighted by molar-refractivity contribution is 1.18. The maximum atomic E-state index is 2.44. The second-order valence-corrected chi connectivity index (χ2v) is 9.36. The number of benzene rings is 7. The lowest BCUT2D eigenvalue weighted by atomic mass is 9.94. The van der Waals surface area contributed by atoms with Crippen molar-refractivity contribution in [3.05, 3.63) is 127 Å². The van der Waals surface area contributed by atoms with Crippen LogP contribution in [0, 0.1) is 0 Å².